The molecular formula is C22H17N. The molecule has 1 nitrogen and oxygen atoms in total. The van der Waals surface area contributed by atoms with Gasteiger partial charge in [-0.3, -0.25) is 0 Å². The Hall–Kier alpha value is -2.80. The maximum atomic E-state index is 4.51. The largest absolute Gasteiger partial charge is 0.347 e. The number of benzene rings is 3. The standard InChI is InChI=1S/C22H17N/c1-15-22(20-13-7-8-14-21(20)23(15)2)18-11-5-3-9-16(18)17-10-4-6-12-19(17)22/h3-14H,1H2,2H3. The molecule has 23 heavy (non-hydrogen) atoms. The van der Waals surface area contributed by atoms with Crippen molar-refractivity contribution < 1.29 is 0 Å². The number of para-hydroxylation sites is 1. The molecule has 0 radical (unpaired) electrons. The van der Waals surface area contributed by atoms with Gasteiger partial charge in [-0.1, -0.05) is 73.3 Å². The molecule has 0 N–H and O–H groups in total. The van der Waals surface area contributed by atoms with E-state index in [1.54, 1.807) is 0 Å². The minimum absolute atomic E-state index is 0.251. The van der Waals surface area contributed by atoms with Gasteiger partial charge in [0.1, 0.15) is 0 Å². The molecule has 1 aliphatic heterocycles. The summed E-state index contributed by atoms with van der Waals surface area (Å²) in [7, 11) is 2.12. The van der Waals surface area contributed by atoms with Crippen molar-refractivity contribution in [1.82, 2.24) is 0 Å². The topological polar surface area (TPSA) is 3.24 Å². The van der Waals surface area contributed by atoms with Gasteiger partial charge in [-0.25, -0.2) is 0 Å². The molecule has 1 heterocycles. The number of rotatable bonds is 0. The highest BCUT2D eigenvalue weighted by atomic mass is 15.2. The second kappa shape index (κ2) is 4.14. The molecule has 0 bridgehead atoms. The van der Waals surface area contributed by atoms with Crippen molar-refractivity contribution in [1.29, 1.82) is 0 Å². The van der Waals surface area contributed by atoms with Crippen molar-refractivity contribution in [3.05, 3.63) is 102 Å². The number of fused-ring (bicyclic) bond motifs is 7. The third kappa shape index (κ3) is 1.30. The lowest BCUT2D eigenvalue weighted by Gasteiger charge is -2.30. The zero-order valence-corrected chi connectivity index (χ0v) is 13.1. The third-order valence-electron chi connectivity index (χ3n) is 5.46. The van der Waals surface area contributed by atoms with Crippen LogP contribution in [0.25, 0.3) is 11.1 Å². The predicted octanol–water partition coefficient (Wildman–Crippen LogP) is 4.96. The average molecular weight is 295 g/mol. The zero-order chi connectivity index (χ0) is 15.6. The lowest BCUT2D eigenvalue weighted by atomic mass is 9.72. The molecule has 1 heteroatoms. The van der Waals surface area contributed by atoms with Crippen LogP contribution >= 0.6 is 0 Å². The summed E-state index contributed by atoms with van der Waals surface area (Å²) < 4.78 is 0. The van der Waals surface area contributed by atoms with Crippen molar-refractivity contribution in [2.75, 3.05) is 11.9 Å². The molecule has 1 spiro atoms. The van der Waals surface area contributed by atoms with E-state index in [0.717, 1.165) is 5.70 Å². The van der Waals surface area contributed by atoms with E-state index in [1.165, 1.54) is 33.5 Å². The maximum absolute atomic E-state index is 4.51. The van der Waals surface area contributed by atoms with E-state index in [-0.39, 0.29) is 5.41 Å². The molecular weight excluding hydrogens is 278 g/mol. The van der Waals surface area contributed by atoms with Crippen molar-refractivity contribution in [2.24, 2.45) is 0 Å². The minimum Gasteiger partial charge on any atom is -0.347 e. The van der Waals surface area contributed by atoms with Crippen LogP contribution in [-0.4, -0.2) is 7.05 Å². The van der Waals surface area contributed by atoms with Gasteiger partial charge in [0.05, 0.1) is 5.41 Å². The van der Waals surface area contributed by atoms with Gasteiger partial charge in [-0.05, 0) is 33.9 Å². The molecule has 3 aromatic carbocycles. The van der Waals surface area contributed by atoms with Gasteiger partial charge >= 0.3 is 0 Å². The molecule has 110 valence electrons. The average Bonchev–Trinajstić information content (AvgIpc) is 3.03. The van der Waals surface area contributed by atoms with Gasteiger partial charge in [0.2, 0.25) is 0 Å². The number of likely N-dealkylation sites (N-methyl/N-ethyl adjacent to an activating group) is 1. The van der Waals surface area contributed by atoms with E-state index in [2.05, 4.69) is 91.3 Å². The monoisotopic (exact) mass is 295 g/mol. The number of hydrogen-bond acceptors (Lipinski definition) is 1. The van der Waals surface area contributed by atoms with Crippen LogP contribution in [0.3, 0.4) is 0 Å². The summed E-state index contributed by atoms with van der Waals surface area (Å²) in [5, 5.41) is 0. The van der Waals surface area contributed by atoms with E-state index >= 15 is 0 Å². The highest BCUT2D eigenvalue weighted by Gasteiger charge is 2.52. The summed E-state index contributed by atoms with van der Waals surface area (Å²) in [6.07, 6.45) is 0. The Bertz CT molecular complexity index is 921. The minimum atomic E-state index is -0.251. The van der Waals surface area contributed by atoms with Crippen LogP contribution in [0.5, 0.6) is 0 Å². The van der Waals surface area contributed by atoms with Crippen LogP contribution in [0.15, 0.2) is 85.1 Å². The number of anilines is 1. The predicted molar refractivity (Wildman–Crippen MR) is 95.7 cm³/mol. The first-order valence-electron chi connectivity index (χ1n) is 7.98. The van der Waals surface area contributed by atoms with Crippen molar-refractivity contribution in [3.8, 4) is 11.1 Å². The highest BCUT2D eigenvalue weighted by Crippen LogP contribution is 2.61. The highest BCUT2D eigenvalue weighted by molar-refractivity contribution is 5.91. The van der Waals surface area contributed by atoms with Crippen molar-refractivity contribution in [3.63, 3.8) is 0 Å². The van der Waals surface area contributed by atoms with Crippen LogP contribution in [-0.2, 0) is 5.41 Å². The van der Waals surface area contributed by atoms with Crippen molar-refractivity contribution >= 4 is 5.69 Å². The summed E-state index contributed by atoms with van der Waals surface area (Å²) in [5.74, 6) is 0. The van der Waals surface area contributed by atoms with Crippen LogP contribution in [0, 0.1) is 0 Å². The first-order chi connectivity index (χ1) is 11.3. The van der Waals surface area contributed by atoms with Gasteiger partial charge in [0.15, 0.2) is 0 Å². The maximum Gasteiger partial charge on any atom is 0.0879 e. The lowest BCUT2D eigenvalue weighted by Crippen LogP contribution is -2.29. The summed E-state index contributed by atoms with van der Waals surface area (Å²) in [6, 6.07) is 26.2. The van der Waals surface area contributed by atoms with E-state index in [0.29, 0.717) is 0 Å². The normalized spacial score (nSPS) is 16.4. The smallest absolute Gasteiger partial charge is 0.0879 e. The quantitative estimate of drug-likeness (QED) is 0.566. The first-order valence-corrected chi connectivity index (χ1v) is 7.98. The molecule has 5 rings (SSSR count). The summed E-state index contributed by atoms with van der Waals surface area (Å²) in [5.41, 5.74) is 8.83. The fourth-order valence-corrected chi connectivity index (χ4v) is 4.47. The van der Waals surface area contributed by atoms with E-state index < -0.39 is 0 Å². The van der Waals surface area contributed by atoms with Crippen LogP contribution < -0.4 is 4.90 Å². The number of hydrogen-bond donors (Lipinski definition) is 0. The molecule has 0 fully saturated rings. The van der Waals surface area contributed by atoms with Crippen LogP contribution in [0.2, 0.25) is 0 Å². The molecule has 3 aromatic rings. The lowest BCUT2D eigenvalue weighted by molar-refractivity contribution is 0.768. The zero-order valence-electron chi connectivity index (χ0n) is 13.1. The van der Waals surface area contributed by atoms with E-state index in [1.807, 2.05) is 0 Å². The second-order valence-corrected chi connectivity index (χ2v) is 6.36. The summed E-state index contributed by atoms with van der Waals surface area (Å²) in [4.78, 5) is 2.24. The molecule has 0 unspecified atom stereocenters. The van der Waals surface area contributed by atoms with Gasteiger partial charge in [-0.2, -0.15) is 0 Å². The van der Waals surface area contributed by atoms with Crippen LogP contribution in [0.4, 0.5) is 5.69 Å². The number of allylic oxidation sites excluding steroid dienone is 1. The summed E-state index contributed by atoms with van der Waals surface area (Å²) >= 11 is 0. The fourth-order valence-electron chi connectivity index (χ4n) is 4.47. The molecule has 0 aromatic heterocycles. The molecule has 1 aliphatic carbocycles. The Morgan fingerprint density at radius 2 is 1.17 bits per heavy atom. The molecule has 0 amide bonds. The Morgan fingerprint density at radius 3 is 1.78 bits per heavy atom. The molecule has 0 saturated heterocycles. The van der Waals surface area contributed by atoms with Crippen LogP contribution in [0.1, 0.15) is 16.7 Å². The van der Waals surface area contributed by atoms with Crippen molar-refractivity contribution in [2.45, 2.75) is 5.41 Å². The molecule has 0 atom stereocenters. The Kier molecular flexibility index (Phi) is 2.29. The first kappa shape index (κ1) is 12.7. The Morgan fingerprint density at radius 1 is 0.696 bits per heavy atom. The van der Waals surface area contributed by atoms with E-state index in [4.69, 9.17) is 0 Å². The van der Waals surface area contributed by atoms with Gasteiger partial charge in [0, 0.05) is 18.4 Å². The number of nitrogens with zero attached hydrogens (tertiary/aromatic N) is 1. The third-order valence-corrected chi connectivity index (χ3v) is 5.46. The Labute approximate surface area is 136 Å². The molecule has 2 aliphatic rings. The SMILES string of the molecule is C=C1N(C)c2ccccc2C12c1ccccc1-c1ccccc12. The van der Waals surface area contributed by atoms with Gasteiger partial charge < -0.3 is 4.90 Å². The molecule has 0 saturated carbocycles. The second-order valence-electron chi connectivity index (χ2n) is 6.36. The Balaban J connectivity index is 1.99. The van der Waals surface area contributed by atoms with Gasteiger partial charge in [0.25, 0.3) is 0 Å². The summed E-state index contributed by atoms with van der Waals surface area (Å²) in [6.45, 7) is 4.51. The van der Waals surface area contributed by atoms with E-state index in [9.17, 15) is 0 Å². The fraction of sp³-hybridized carbons (Fsp3) is 0.0909. The van der Waals surface area contributed by atoms with Gasteiger partial charge in [-0.15, -0.1) is 0 Å².